The number of hydrogen-bond donors (Lipinski definition) is 0. The van der Waals surface area contributed by atoms with Gasteiger partial charge in [-0.05, 0) is 111 Å². The van der Waals surface area contributed by atoms with Gasteiger partial charge in [-0.1, -0.05) is 120 Å². The molecule has 1 nitrogen and oxygen atoms in total. The highest BCUT2D eigenvalue weighted by Gasteiger charge is 2.31. The molecule has 3 aromatic rings. The van der Waals surface area contributed by atoms with Crippen molar-refractivity contribution in [2.45, 2.75) is 90.9 Å². The molecule has 0 N–H and O–H groups in total. The first-order valence-corrected chi connectivity index (χ1v) is 15.5. The van der Waals surface area contributed by atoms with Crippen LogP contribution in [0.1, 0.15) is 106 Å². The summed E-state index contributed by atoms with van der Waals surface area (Å²) >= 11 is 0. The Labute approximate surface area is 247 Å². The molecule has 0 saturated carbocycles. The minimum absolute atomic E-state index is 0.172. The van der Waals surface area contributed by atoms with E-state index in [0.717, 1.165) is 25.7 Å². The van der Waals surface area contributed by atoms with E-state index in [2.05, 4.69) is 114 Å². The minimum Gasteiger partial charge on any atom is -0.295 e. The number of benzene rings is 3. The van der Waals surface area contributed by atoms with Gasteiger partial charge in [-0.25, -0.2) is 0 Å². The van der Waals surface area contributed by atoms with Crippen molar-refractivity contribution in [1.29, 1.82) is 0 Å². The summed E-state index contributed by atoms with van der Waals surface area (Å²) in [5.74, 6) is 0.796. The lowest BCUT2D eigenvalue weighted by Crippen LogP contribution is -2.15. The lowest BCUT2D eigenvalue weighted by atomic mass is 9.77. The van der Waals surface area contributed by atoms with Gasteiger partial charge in [0.1, 0.15) is 0 Å². The average molecular weight is 541 g/mol. The number of hydrogen-bond acceptors (Lipinski definition) is 1. The quantitative estimate of drug-likeness (QED) is 0.300. The number of carbonyl (C=O) groups excluding carboxylic acids is 1. The van der Waals surface area contributed by atoms with Crippen LogP contribution in [0.3, 0.4) is 0 Å². The summed E-state index contributed by atoms with van der Waals surface area (Å²) in [4.78, 5) is 11.6. The van der Waals surface area contributed by atoms with E-state index in [1.807, 2.05) is 6.08 Å². The Morgan fingerprint density at radius 1 is 0.683 bits per heavy atom. The molecular weight excluding hydrogens is 496 g/mol. The van der Waals surface area contributed by atoms with Crippen molar-refractivity contribution in [2.75, 3.05) is 0 Å². The first-order chi connectivity index (χ1) is 19.5. The van der Waals surface area contributed by atoms with Gasteiger partial charge in [-0.15, -0.1) is 0 Å². The van der Waals surface area contributed by atoms with Gasteiger partial charge >= 0.3 is 0 Å². The topological polar surface area (TPSA) is 17.1 Å². The smallest absolute Gasteiger partial charge is 0.156 e. The van der Waals surface area contributed by atoms with Crippen molar-refractivity contribution in [3.05, 3.63) is 123 Å². The molecule has 0 radical (unpaired) electrons. The van der Waals surface area contributed by atoms with Crippen LogP contribution in [0.2, 0.25) is 0 Å². The molecule has 41 heavy (non-hydrogen) atoms. The SMILES string of the molecule is CC(C)(C)c1ccc2c(c1)C1=C(CC2)CC(c2ccccc2)=C1.CC(C)(C)c1ccc2c(c1)C1=CC(=O)CC1CC2. The van der Waals surface area contributed by atoms with E-state index < -0.39 is 0 Å². The maximum atomic E-state index is 11.6. The highest BCUT2D eigenvalue weighted by atomic mass is 16.1. The third-order valence-electron chi connectivity index (χ3n) is 9.46. The Kier molecular flexibility index (Phi) is 7.05. The van der Waals surface area contributed by atoms with Crippen molar-refractivity contribution in [2.24, 2.45) is 5.92 Å². The van der Waals surface area contributed by atoms with E-state index in [9.17, 15) is 4.79 Å². The van der Waals surface area contributed by atoms with Gasteiger partial charge in [0.2, 0.25) is 0 Å². The van der Waals surface area contributed by atoms with Crippen molar-refractivity contribution >= 4 is 22.5 Å². The van der Waals surface area contributed by atoms with E-state index in [0.29, 0.717) is 11.7 Å². The fourth-order valence-electron chi connectivity index (χ4n) is 6.90. The lowest BCUT2D eigenvalue weighted by Gasteiger charge is -2.27. The molecule has 1 unspecified atom stereocenters. The van der Waals surface area contributed by atoms with E-state index in [-0.39, 0.29) is 10.8 Å². The Morgan fingerprint density at radius 2 is 1.32 bits per heavy atom. The van der Waals surface area contributed by atoms with E-state index in [1.54, 1.807) is 5.57 Å². The Morgan fingerprint density at radius 3 is 1.98 bits per heavy atom. The molecule has 3 aromatic carbocycles. The van der Waals surface area contributed by atoms with Crippen LogP contribution >= 0.6 is 0 Å². The molecule has 0 aromatic heterocycles. The second-order valence-electron chi connectivity index (χ2n) is 14.5. The first-order valence-electron chi connectivity index (χ1n) is 15.5. The third kappa shape index (κ3) is 5.56. The van der Waals surface area contributed by atoms with Gasteiger partial charge in [-0.3, -0.25) is 4.79 Å². The number of fused-ring (bicyclic) bond motifs is 5. The summed E-state index contributed by atoms with van der Waals surface area (Å²) in [5, 5.41) is 0. The van der Waals surface area contributed by atoms with Crippen LogP contribution in [-0.4, -0.2) is 5.78 Å². The van der Waals surface area contributed by atoms with Crippen LogP contribution < -0.4 is 0 Å². The predicted octanol–water partition coefficient (Wildman–Crippen LogP) is 10.1. The fourth-order valence-corrected chi connectivity index (χ4v) is 6.90. The Hall–Kier alpha value is -3.45. The molecule has 4 aliphatic rings. The van der Waals surface area contributed by atoms with Crippen LogP contribution in [-0.2, 0) is 28.5 Å². The molecule has 0 fully saturated rings. The summed E-state index contributed by atoms with van der Waals surface area (Å²) in [7, 11) is 0. The Balaban J connectivity index is 0.000000152. The van der Waals surface area contributed by atoms with Crippen molar-refractivity contribution < 1.29 is 4.79 Å². The Bertz CT molecular complexity index is 1590. The molecular formula is C40H44O. The zero-order valence-corrected chi connectivity index (χ0v) is 25.7. The standard InChI is InChI=1S/C23H24.C17H20O/c1-23(2,3)20-12-11-17-9-10-18-13-19(14-21(18)22(17)15-20)16-7-5-4-6-8-16;1-17(2,3)13-7-6-11-4-5-12-8-14(18)10-16(12)15(11)9-13/h4-8,11-12,14-15H,9-10,13H2,1-3H3;6-7,9-10,12H,4-5,8H2,1-3H3. The normalized spacial score (nSPS) is 19.4. The van der Waals surface area contributed by atoms with Crippen LogP contribution in [0.4, 0.5) is 0 Å². The van der Waals surface area contributed by atoms with Gasteiger partial charge < -0.3 is 0 Å². The summed E-state index contributed by atoms with van der Waals surface area (Å²) in [6, 6.07) is 24.8. The van der Waals surface area contributed by atoms with Crippen LogP contribution in [0, 0.1) is 5.92 Å². The highest BCUT2D eigenvalue weighted by molar-refractivity contribution is 6.03. The molecule has 210 valence electrons. The summed E-state index contributed by atoms with van der Waals surface area (Å²) in [6.45, 7) is 13.6. The molecule has 0 amide bonds. The maximum absolute atomic E-state index is 11.6. The summed E-state index contributed by atoms with van der Waals surface area (Å²) in [6.07, 6.45) is 10.8. The second kappa shape index (κ2) is 10.4. The fraction of sp³-hybridized carbons (Fsp3) is 0.375. The van der Waals surface area contributed by atoms with Crippen molar-refractivity contribution in [3.8, 4) is 0 Å². The number of rotatable bonds is 1. The number of aryl methyl sites for hydroxylation is 2. The van der Waals surface area contributed by atoms with Gasteiger partial charge in [0.15, 0.2) is 5.78 Å². The second-order valence-corrected chi connectivity index (χ2v) is 14.5. The van der Waals surface area contributed by atoms with Gasteiger partial charge in [0.05, 0.1) is 0 Å². The molecule has 0 spiro atoms. The third-order valence-corrected chi connectivity index (χ3v) is 9.46. The summed E-state index contributed by atoms with van der Waals surface area (Å²) < 4.78 is 0. The number of ketones is 1. The first kappa shape index (κ1) is 27.7. The average Bonchev–Trinajstić information content (AvgIpc) is 3.56. The molecule has 0 saturated heterocycles. The van der Waals surface area contributed by atoms with Gasteiger partial charge in [-0.2, -0.15) is 0 Å². The van der Waals surface area contributed by atoms with E-state index >= 15 is 0 Å². The maximum Gasteiger partial charge on any atom is 0.156 e. The van der Waals surface area contributed by atoms with Gasteiger partial charge in [0, 0.05) is 6.42 Å². The van der Waals surface area contributed by atoms with Crippen LogP contribution in [0.25, 0.3) is 16.7 Å². The lowest BCUT2D eigenvalue weighted by molar-refractivity contribution is -0.114. The van der Waals surface area contributed by atoms with Crippen LogP contribution in [0.5, 0.6) is 0 Å². The molecule has 0 heterocycles. The van der Waals surface area contributed by atoms with Gasteiger partial charge in [0.25, 0.3) is 0 Å². The molecule has 1 heteroatoms. The monoisotopic (exact) mass is 540 g/mol. The minimum atomic E-state index is 0.172. The number of carbonyl (C=O) groups is 1. The number of allylic oxidation sites excluding steroid dienone is 6. The molecule has 0 aliphatic heterocycles. The zero-order valence-electron chi connectivity index (χ0n) is 25.7. The van der Waals surface area contributed by atoms with Crippen molar-refractivity contribution in [1.82, 2.24) is 0 Å². The highest BCUT2D eigenvalue weighted by Crippen LogP contribution is 2.45. The molecule has 0 bridgehead atoms. The molecule has 1 atom stereocenters. The van der Waals surface area contributed by atoms with E-state index in [4.69, 9.17) is 0 Å². The predicted molar refractivity (Wildman–Crippen MR) is 174 cm³/mol. The molecule has 7 rings (SSSR count). The largest absolute Gasteiger partial charge is 0.295 e. The zero-order chi connectivity index (χ0) is 28.9. The summed E-state index contributed by atoms with van der Waals surface area (Å²) in [5.41, 5.74) is 16.2. The van der Waals surface area contributed by atoms with Crippen molar-refractivity contribution in [3.63, 3.8) is 0 Å². The van der Waals surface area contributed by atoms with E-state index in [1.165, 1.54) is 68.5 Å². The molecule has 4 aliphatic carbocycles. The van der Waals surface area contributed by atoms with Crippen LogP contribution in [0.15, 0.2) is 84.5 Å².